The molecule has 0 saturated heterocycles. The van der Waals surface area contributed by atoms with Gasteiger partial charge in [0.05, 0.1) is 22.5 Å². The van der Waals surface area contributed by atoms with Gasteiger partial charge in [-0.2, -0.15) is 5.10 Å². The highest BCUT2D eigenvalue weighted by atomic mass is 35.5. The maximum Gasteiger partial charge on any atom is 0.131 e. The van der Waals surface area contributed by atoms with Gasteiger partial charge >= 0.3 is 0 Å². The topological polar surface area (TPSA) is 47.3 Å². The number of hydrogen-bond donors (Lipinski definition) is 1. The fraction of sp³-hybridized carbons (Fsp3) is 0.438. The molecule has 1 atom stereocenters. The van der Waals surface area contributed by atoms with Crippen molar-refractivity contribution < 1.29 is 9.84 Å². The number of ether oxygens (including phenoxy) is 1. The zero-order chi connectivity index (χ0) is 15.0. The van der Waals surface area contributed by atoms with Gasteiger partial charge in [-0.1, -0.05) is 17.7 Å². The van der Waals surface area contributed by atoms with Gasteiger partial charge in [-0.05, 0) is 49.4 Å². The number of aryl methyl sites for hydroxylation is 3. The minimum atomic E-state index is -0.375. The summed E-state index contributed by atoms with van der Waals surface area (Å²) >= 11 is 6.22. The van der Waals surface area contributed by atoms with Gasteiger partial charge in [0.25, 0.3) is 0 Å². The Labute approximate surface area is 129 Å². The quantitative estimate of drug-likeness (QED) is 0.946. The van der Waals surface area contributed by atoms with Gasteiger partial charge < -0.3 is 9.84 Å². The van der Waals surface area contributed by atoms with E-state index < -0.39 is 0 Å². The molecule has 0 radical (unpaired) electrons. The largest absolute Gasteiger partial charge is 0.487 e. The molecule has 2 aromatic rings. The number of halogens is 1. The Hall–Kier alpha value is -1.52. The van der Waals surface area contributed by atoms with E-state index in [2.05, 4.69) is 5.10 Å². The monoisotopic (exact) mass is 306 g/mol. The van der Waals surface area contributed by atoms with Gasteiger partial charge in [-0.15, -0.1) is 0 Å². The molecule has 21 heavy (non-hydrogen) atoms. The van der Waals surface area contributed by atoms with E-state index in [0.717, 1.165) is 42.0 Å². The molecule has 1 unspecified atom stereocenters. The second-order valence-corrected chi connectivity index (χ2v) is 5.90. The predicted octanol–water partition coefficient (Wildman–Crippen LogP) is 3.33. The van der Waals surface area contributed by atoms with Crippen molar-refractivity contribution in [2.75, 3.05) is 0 Å². The van der Waals surface area contributed by atoms with Gasteiger partial charge in [-0.3, -0.25) is 4.68 Å². The van der Waals surface area contributed by atoms with Crippen LogP contribution in [-0.4, -0.2) is 14.9 Å². The number of aliphatic hydroxyl groups is 1. The van der Waals surface area contributed by atoms with Crippen LogP contribution in [0.1, 0.15) is 41.5 Å². The Morgan fingerprint density at radius 2 is 2.29 bits per heavy atom. The maximum atomic E-state index is 10.1. The molecule has 3 rings (SSSR count). The summed E-state index contributed by atoms with van der Waals surface area (Å²) in [7, 11) is 1.86. The van der Waals surface area contributed by atoms with Crippen molar-refractivity contribution in [3.05, 3.63) is 45.7 Å². The third-order valence-corrected chi connectivity index (χ3v) is 4.53. The fourth-order valence-electron chi connectivity index (χ4n) is 2.83. The molecule has 1 aliphatic rings. The van der Waals surface area contributed by atoms with Gasteiger partial charge in [0, 0.05) is 7.05 Å². The summed E-state index contributed by atoms with van der Waals surface area (Å²) in [5.74, 6) is 0.754. The number of hydrogen-bond acceptors (Lipinski definition) is 3. The molecule has 112 valence electrons. The first kappa shape index (κ1) is 14.4. The Kier molecular flexibility index (Phi) is 3.91. The van der Waals surface area contributed by atoms with E-state index in [0.29, 0.717) is 11.6 Å². The summed E-state index contributed by atoms with van der Waals surface area (Å²) in [6, 6.07) is 5.94. The van der Waals surface area contributed by atoms with Crippen molar-refractivity contribution in [2.45, 2.75) is 38.9 Å². The van der Waals surface area contributed by atoms with Gasteiger partial charge in [0.1, 0.15) is 12.4 Å². The van der Waals surface area contributed by atoms with E-state index in [4.69, 9.17) is 16.3 Å². The fourth-order valence-corrected chi connectivity index (χ4v) is 3.05. The molecule has 4 nitrogen and oxygen atoms in total. The van der Waals surface area contributed by atoms with Crippen molar-refractivity contribution in [3.8, 4) is 5.75 Å². The van der Waals surface area contributed by atoms with Gasteiger partial charge in [0.15, 0.2) is 0 Å². The lowest BCUT2D eigenvalue weighted by Gasteiger charge is -2.22. The molecule has 0 fully saturated rings. The van der Waals surface area contributed by atoms with Crippen molar-refractivity contribution in [3.63, 3.8) is 0 Å². The van der Waals surface area contributed by atoms with E-state index >= 15 is 0 Å². The summed E-state index contributed by atoms with van der Waals surface area (Å²) in [6.07, 6.45) is 2.51. The van der Waals surface area contributed by atoms with Crippen molar-refractivity contribution >= 4 is 11.6 Å². The average molecular weight is 307 g/mol. The number of benzene rings is 1. The standard InChI is InChI=1S/C16H19ClN2O2/c1-10-16(17)14(19(2)18-10)9-21-12-7-6-11-4-3-5-15(20)13(11)8-12/h6-8,15,20H,3-5,9H2,1-2H3. The maximum absolute atomic E-state index is 10.1. The van der Waals surface area contributed by atoms with E-state index in [1.165, 1.54) is 5.56 Å². The highest BCUT2D eigenvalue weighted by molar-refractivity contribution is 6.31. The first-order valence-corrected chi connectivity index (χ1v) is 7.55. The van der Waals surface area contributed by atoms with Gasteiger partial charge in [-0.25, -0.2) is 0 Å². The lowest BCUT2D eigenvalue weighted by molar-refractivity contribution is 0.156. The van der Waals surface area contributed by atoms with Crippen LogP contribution in [0.25, 0.3) is 0 Å². The lowest BCUT2D eigenvalue weighted by atomic mass is 9.89. The van der Waals surface area contributed by atoms with E-state index in [9.17, 15) is 5.11 Å². The molecule has 1 aromatic carbocycles. The molecule has 1 aromatic heterocycles. The highest BCUT2D eigenvalue weighted by Gasteiger charge is 2.19. The van der Waals surface area contributed by atoms with Crippen LogP contribution in [0.4, 0.5) is 0 Å². The van der Waals surface area contributed by atoms with Crippen LogP contribution in [-0.2, 0) is 20.1 Å². The molecule has 1 N–H and O–H groups in total. The van der Waals surface area contributed by atoms with Crippen LogP contribution in [0.15, 0.2) is 18.2 Å². The first-order valence-electron chi connectivity index (χ1n) is 7.18. The third-order valence-electron chi connectivity index (χ3n) is 4.04. The van der Waals surface area contributed by atoms with Crippen molar-refractivity contribution in [2.24, 2.45) is 7.05 Å². The van der Waals surface area contributed by atoms with Crippen molar-refractivity contribution in [1.29, 1.82) is 0 Å². The predicted molar refractivity (Wildman–Crippen MR) is 81.6 cm³/mol. The second kappa shape index (κ2) is 5.70. The summed E-state index contributed by atoms with van der Waals surface area (Å²) in [6.45, 7) is 2.24. The van der Waals surface area contributed by atoms with Crippen LogP contribution in [0.3, 0.4) is 0 Å². The Bertz CT molecular complexity index is 667. The molecule has 0 spiro atoms. The van der Waals surface area contributed by atoms with Crippen molar-refractivity contribution in [1.82, 2.24) is 9.78 Å². The molecule has 0 bridgehead atoms. The Morgan fingerprint density at radius 3 is 3.00 bits per heavy atom. The van der Waals surface area contributed by atoms with Gasteiger partial charge in [0.2, 0.25) is 0 Å². The van der Waals surface area contributed by atoms with Crippen LogP contribution < -0.4 is 4.74 Å². The molecule has 1 aliphatic carbocycles. The first-order chi connectivity index (χ1) is 10.1. The normalized spacial score (nSPS) is 17.6. The lowest BCUT2D eigenvalue weighted by Crippen LogP contribution is -2.10. The molecule has 0 aliphatic heterocycles. The number of fused-ring (bicyclic) bond motifs is 1. The minimum absolute atomic E-state index is 0.366. The SMILES string of the molecule is Cc1nn(C)c(COc2ccc3c(c2)C(O)CCC3)c1Cl. The minimum Gasteiger partial charge on any atom is -0.487 e. The summed E-state index contributed by atoms with van der Waals surface area (Å²) < 4.78 is 7.57. The smallest absolute Gasteiger partial charge is 0.131 e. The molecule has 0 saturated carbocycles. The number of rotatable bonds is 3. The Balaban J connectivity index is 1.78. The average Bonchev–Trinajstić information content (AvgIpc) is 2.71. The number of aliphatic hydroxyl groups excluding tert-OH is 1. The zero-order valence-corrected chi connectivity index (χ0v) is 13.0. The van der Waals surface area contributed by atoms with Crippen LogP contribution in [0.5, 0.6) is 5.75 Å². The van der Waals surface area contributed by atoms with Crippen LogP contribution >= 0.6 is 11.6 Å². The van der Waals surface area contributed by atoms with E-state index in [-0.39, 0.29) is 6.10 Å². The summed E-state index contributed by atoms with van der Waals surface area (Å²) in [4.78, 5) is 0. The summed E-state index contributed by atoms with van der Waals surface area (Å²) in [5.41, 5.74) is 3.87. The van der Waals surface area contributed by atoms with E-state index in [1.807, 2.05) is 32.2 Å². The van der Waals surface area contributed by atoms with Crippen LogP contribution in [0, 0.1) is 6.92 Å². The third kappa shape index (κ3) is 2.78. The zero-order valence-electron chi connectivity index (χ0n) is 12.3. The molecular weight excluding hydrogens is 288 g/mol. The molecular formula is C16H19ClN2O2. The molecule has 5 heteroatoms. The summed E-state index contributed by atoms with van der Waals surface area (Å²) in [5, 5.41) is 15.0. The number of aromatic nitrogens is 2. The Morgan fingerprint density at radius 1 is 1.48 bits per heavy atom. The highest BCUT2D eigenvalue weighted by Crippen LogP contribution is 2.32. The second-order valence-electron chi connectivity index (χ2n) is 5.53. The molecule has 1 heterocycles. The number of nitrogens with zero attached hydrogens (tertiary/aromatic N) is 2. The molecule has 0 amide bonds. The van der Waals surface area contributed by atoms with Crippen LogP contribution in [0.2, 0.25) is 5.02 Å². The van der Waals surface area contributed by atoms with E-state index in [1.54, 1.807) is 4.68 Å².